The van der Waals surface area contributed by atoms with E-state index < -0.39 is 11.8 Å². The summed E-state index contributed by atoms with van der Waals surface area (Å²) in [5.41, 5.74) is 3.13. The maximum atomic E-state index is 12.0. The summed E-state index contributed by atoms with van der Waals surface area (Å²) in [6.07, 6.45) is 1.38. The number of halogens is 1. The van der Waals surface area contributed by atoms with Crippen LogP contribution in [-0.2, 0) is 9.59 Å². The molecule has 0 bridgehead atoms. The van der Waals surface area contributed by atoms with Gasteiger partial charge >= 0.3 is 11.8 Å². The maximum absolute atomic E-state index is 12.0. The van der Waals surface area contributed by atoms with Gasteiger partial charge in [-0.1, -0.05) is 23.7 Å². The smallest absolute Gasteiger partial charge is 0.329 e. The van der Waals surface area contributed by atoms with Crippen LogP contribution in [0.25, 0.3) is 0 Å². The minimum Gasteiger partial charge on any atom is -0.497 e. The second-order valence-corrected chi connectivity index (χ2v) is 5.21. The zero-order chi connectivity index (χ0) is 18.2. The van der Waals surface area contributed by atoms with Gasteiger partial charge in [-0.15, -0.1) is 0 Å². The van der Waals surface area contributed by atoms with Crippen LogP contribution < -0.4 is 20.2 Å². The molecule has 0 aliphatic heterocycles. The fourth-order valence-corrected chi connectivity index (χ4v) is 2.09. The van der Waals surface area contributed by atoms with E-state index in [9.17, 15) is 9.59 Å². The quantitative estimate of drug-likeness (QED) is 0.486. The molecule has 2 aromatic rings. The fourth-order valence-electron chi connectivity index (χ4n) is 1.89. The average Bonchev–Trinajstić information content (AvgIpc) is 2.61. The molecule has 0 aromatic heterocycles. The van der Waals surface area contributed by atoms with Crippen LogP contribution in [0.2, 0.25) is 5.02 Å². The van der Waals surface area contributed by atoms with E-state index in [4.69, 9.17) is 21.1 Å². The molecule has 0 fully saturated rings. The van der Waals surface area contributed by atoms with Gasteiger partial charge in [0.1, 0.15) is 11.5 Å². The number of nitrogens with zero attached hydrogens (tertiary/aromatic N) is 1. The van der Waals surface area contributed by atoms with E-state index in [0.29, 0.717) is 27.8 Å². The molecular formula is C17H16ClN3O4. The molecule has 2 amide bonds. The van der Waals surface area contributed by atoms with E-state index in [1.54, 1.807) is 42.5 Å². The molecule has 2 N–H and O–H groups in total. The van der Waals surface area contributed by atoms with Crippen LogP contribution in [0.15, 0.2) is 47.6 Å². The summed E-state index contributed by atoms with van der Waals surface area (Å²) in [5, 5.41) is 6.70. The summed E-state index contributed by atoms with van der Waals surface area (Å²) in [5.74, 6) is -0.919. The molecule has 0 unspecified atom stereocenters. The van der Waals surface area contributed by atoms with Gasteiger partial charge in [0.2, 0.25) is 0 Å². The Kier molecular flexibility index (Phi) is 6.36. The van der Waals surface area contributed by atoms with Crippen molar-refractivity contribution >= 4 is 35.3 Å². The number of methoxy groups -OCH3 is 2. The normalized spacial score (nSPS) is 10.4. The molecule has 8 heteroatoms. The number of rotatable bonds is 5. The van der Waals surface area contributed by atoms with E-state index >= 15 is 0 Å². The van der Waals surface area contributed by atoms with Gasteiger partial charge in [0, 0.05) is 11.1 Å². The number of hydrazone groups is 1. The topological polar surface area (TPSA) is 89.0 Å². The first-order valence-corrected chi connectivity index (χ1v) is 7.53. The predicted molar refractivity (Wildman–Crippen MR) is 95.4 cm³/mol. The molecule has 0 saturated carbocycles. The fraction of sp³-hybridized carbons (Fsp3) is 0.118. The van der Waals surface area contributed by atoms with Crippen molar-refractivity contribution in [1.82, 2.24) is 5.43 Å². The van der Waals surface area contributed by atoms with Gasteiger partial charge in [0.15, 0.2) is 0 Å². The predicted octanol–water partition coefficient (Wildman–Crippen LogP) is 2.45. The van der Waals surface area contributed by atoms with Crippen molar-refractivity contribution in [1.29, 1.82) is 0 Å². The number of carbonyl (C=O) groups is 2. The average molecular weight is 362 g/mol. The molecule has 0 aliphatic carbocycles. The van der Waals surface area contributed by atoms with Crippen molar-refractivity contribution in [3.8, 4) is 11.5 Å². The highest BCUT2D eigenvalue weighted by molar-refractivity contribution is 6.39. The minimum absolute atomic E-state index is 0.306. The highest BCUT2D eigenvalue weighted by Gasteiger charge is 2.16. The molecule has 2 rings (SSSR count). The van der Waals surface area contributed by atoms with Crippen LogP contribution in [0, 0.1) is 0 Å². The number of anilines is 1. The maximum Gasteiger partial charge on any atom is 0.329 e. The van der Waals surface area contributed by atoms with Crippen LogP contribution >= 0.6 is 11.6 Å². The Morgan fingerprint density at radius 2 is 1.88 bits per heavy atom. The molecule has 0 atom stereocenters. The monoisotopic (exact) mass is 361 g/mol. The summed E-state index contributed by atoms with van der Waals surface area (Å²) in [6, 6.07) is 11.7. The van der Waals surface area contributed by atoms with Gasteiger partial charge in [-0.25, -0.2) is 5.43 Å². The molecular weight excluding hydrogens is 346 g/mol. The van der Waals surface area contributed by atoms with Crippen molar-refractivity contribution in [2.24, 2.45) is 5.10 Å². The van der Waals surface area contributed by atoms with Gasteiger partial charge in [-0.05, 0) is 29.8 Å². The summed E-state index contributed by atoms with van der Waals surface area (Å²) in [7, 11) is 2.94. The second-order valence-electron chi connectivity index (χ2n) is 4.77. The third-order valence-electron chi connectivity index (χ3n) is 3.09. The SMILES string of the molecule is COc1ccc(OC)c(NC(=O)C(=O)N/N=C\c2cccc(Cl)c2)c1. The molecule has 25 heavy (non-hydrogen) atoms. The number of hydrogen-bond acceptors (Lipinski definition) is 5. The lowest BCUT2D eigenvalue weighted by Crippen LogP contribution is -2.32. The molecule has 0 heterocycles. The number of ether oxygens (including phenoxy) is 2. The van der Waals surface area contributed by atoms with Crippen LogP contribution in [-0.4, -0.2) is 32.2 Å². The molecule has 130 valence electrons. The van der Waals surface area contributed by atoms with Crippen LogP contribution in [0.3, 0.4) is 0 Å². The summed E-state index contributed by atoms with van der Waals surface area (Å²) >= 11 is 5.85. The Labute approximate surface area is 149 Å². The Morgan fingerprint density at radius 1 is 1.08 bits per heavy atom. The van der Waals surface area contributed by atoms with E-state index in [0.717, 1.165) is 0 Å². The van der Waals surface area contributed by atoms with E-state index in [1.165, 1.54) is 20.4 Å². The highest BCUT2D eigenvalue weighted by atomic mass is 35.5. The Balaban J connectivity index is 2.00. The number of nitrogens with one attached hydrogen (secondary N) is 2. The molecule has 0 spiro atoms. The molecule has 0 aliphatic rings. The minimum atomic E-state index is -0.928. The van der Waals surface area contributed by atoms with Gasteiger partial charge in [-0.2, -0.15) is 5.10 Å². The van der Waals surface area contributed by atoms with Crippen LogP contribution in [0.4, 0.5) is 5.69 Å². The largest absolute Gasteiger partial charge is 0.497 e. The molecule has 0 saturated heterocycles. The number of hydrogen-bond donors (Lipinski definition) is 2. The van der Waals surface area contributed by atoms with Gasteiger partial charge in [-0.3, -0.25) is 9.59 Å². The lowest BCUT2D eigenvalue weighted by atomic mass is 10.2. The van der Waals surface area contributed by atoms with Gasteiger partial charge in [0.05, 0.1) is 26.1 Å². The number of carbonyl (C=O) groups excluding carboxylic acids is 2. The van der Waals surface area contributed by atoms with Crippen molar-refractivity contribution in [2.75, 3.05) is 19.5 Å². The summed E-state index contributed by atoms with van der Waals surface area (Å²) in [4.78, 5) is 23.8. The standard InChI is InChI=1S/C17H16ClN3O4/c1-24-13-6-7-15(25-2)14(9-13)20-16(22)17(23)21-19-10-11-4-3-5-12(18)8-11/h3-10H,1-2H3,(H,20,22)(H,21,23)/b19-10-. The molecule has 7 nitrogen and oxygen atoms in total. The molecule has 0 radical (unpaired) electrons. The summed E-state index contributed by atoms with van der Waals surface area (Å²) < 4.78 is 10.2. The number of amides is 2. The van der Waals surface area contributed by atoms with Crippen LogP contribution in [0.1, 0.15) is 5.56 Å². The zero-order valence-electron chi connectivity index (χ0n) is 13.6. The number of benzene rings is 2. The first-order chi connectivity index (χ1) is 12.0. The van der Waals surface area contributed by atoms with E-state index in [2.05, 4.69) is 15.8 Å². The lowest BCUT2D eigenvalue weighted by molar-refractivity contribution is -0.136. The Morgan fingerprint density at radius 3 is 2.56 bits per heavy atom. The van der Waals surface area contributed by atoms with Gasteiger partial charge < -0.3 is 14.8 Å². The summed E-state index contributed by atoms with van der Waals surface area (Å²) in [6.45, 7) is 0. The van der Waals surface area contributed by atoms with Gasteiger partial charge in [0.25, 0.3) is 0 Å². The second kappa shape index (κ2) is 8.70. The van der Waals surface area contributed by atoms with Crippen LogP contribution in [0.5, 0.6) is 11.5 Å². The first kappa shape index (κ1) is 18.3. The zero-order valence-corrected chi connectivity index (χ0v) is 14.3. The van der Waals surface area contributed by atoms with Crippen molar-refractivity contribution in [2.45, 2.75) is 0 Å². The van der Waals surface area contributed by atoms with Crippen molar-refractivity contribution in [3.05, 3.63) is 53.1 Å². The highest BCUT2D eigenvalue weighted by Crippen LogP contribution is 2.28. The van der Waals surface area contributed by atoms with Crippen molar-refractivity contribution < 1.29 is 19.1 Å². The third kappa shape index (κ3) is 5.22. The van der Waals surface area contributed by atoms with Crippen molar-refractivity contribution in [3.63, 3.8) is 0 Å². The van der Waals surface area contributed by atoms with E-state index in [-0.39, 0.29) is 0 Å². The third-order valence-corrected chi connectivity index (χ3v) is 3.32. The first-order valence-electron chi connectivity index (χ1n) is 7.15. The Bertz CT molecular complexity index is 808. The molecule has 2 aromatic carbocycles. The lowest BCUT2D eigenvalue weighted by Gasteiger charge is -2.11. The van der Waals surface area contributed by atoms with E-state index in [1.807, 2.05) is 0 Å². The Hall–Kier alpha value is -3.06.